The highest BCUT2D eigenvalue weighted by Gasteiger charge is 2.16. The third-order valence-corrected chi connectivity index (χ3v) is 2.11. The maximum atomic E-state index is 9.54. The monoisotopic (exact) mass is 219 g/mol. The van der Waals surface area contributed by atoms with Crippen molar-refractivity contribution >= 4 is 0 Å². The molecular weight excluding hydrogens is 194 g/mol. The Kier molecular flexibility index (Phi) is 7.09. The van der Waals surface area contributed by atoms with Gasteiger partial charge >= 0.3 is 0 Å². The van der Waals surface area contributed by atoms with Crippen LogP contribution in [-0.4, -0.2) is 49.7 Å². The van der Waals surface area contributed by atoms with E-state index in [1.54, 1.807) is 7.11 Å². The van der Waals surface area contributed by atoms with E-state index in [1.165, 1.54) is 0 Å². The first-order valence-corrected chi connectivity index (χ1v) is 5.43. The number of aliphatic hydroxyl groups is 1. The molecule has 2 N–H and O–H groups in total. The molecule has 0 aliphatic heterocycles. The van der Waals surface area contributed by atoms with Gasteiger partial charge in [0.15, 0.2) is 0 Å². The largest absolute Gasteiger partial charge is 0.389 e. The smallest absolute Gasteiger partial charge is 0.0897 e. The van der Waals surface area contributed by atoms with Crippen molar-refractivity contribution in [3.63, 3.8) is 0 Å². The molecule has 0 radical (unpaired) electrons. The van der Waals surface area contributed by atoms with E-state index in [4.69, 9.17) is 9.47 Å². The minimum Gasteiger partial charge on any atom is -0.389 e. The van der Waals surface area contributed by atoms with Crippen LogP contribution in [0.25, 0.3) is 0 Å². The second-order valence-electron chi connectivity index (χ2n) is 4.63. The zero-order valence-corrected chi connectivity index (χ0v) is 10.5. The summed E-state index contributed by atoms with van der Waals surface area (Å²) in [5.74, 6) is 0. The van der Waals surface area contributed by atoms with E-state index < -0.39 is 6.10 Å². The zero-order chi connectivity index (χ0) is 11.9. The summed E-state index contributed by atoms with van der Waals surface area (Å²) in [6, 6.07) is 0. The molecule has 0 saturated heterocycles. The molecule has 15 heavy (non-hydrogen) atoms. The summed E-state index contributed by atoms with van der Waals surface area (Å²) >= 11 is 0. The maximum absolute atomic E-state index is 9.54. The molecule has 4 heteroatoms. The molecule has 92 valence electrons. The van der Waals surface area contributed by atoms with Crippen molar-refractivity contribution in [3.8, 4) is 0 Å². The number of ether oxygens (including phenoxy) is 2. The molecule has 1 atom stereocenters. The number of aliphatic hydroxyl groups excluding tert-OH is 1. The standard InChI is InChI=1S/C11H25NO3/c1-9(2)15-7-10(13)6-12-8-11(3,4)14-5/h9-10,12-13H,6-8H2,1-5H3. The lowest BCUT2D eigenvalue weighted by molar-refractivity contribution is -0.00242. The fourth-order valence-corrected chi connectivity index (χ4v) is 0.974. The summed E-state index contributed by atoms with van der Waals surface area (Å²) in [4.78, 5) is 0. The van der Waals surface area contributed by atoms with Gasteiger partial charge in [-0.1, -0.05) is 0 Å². The third kappa shape index (κ3) is 8.81. The average Bonchev–Trinajstić information content (AvgIpc) is 2.14. The Balaban J connectivity index is 3.50. The number of nitrogens with one attached hydrogen (secondary N) is 1. The predicted molar refractivity (Wildman–Crippen MR) is 61.1 cm³/mol. The van der Waals surface area contributed by atoms with Crippen molar-refractivity contribution in [1.29, 1.82) is 0 Å². The molecule has 0 aromatic carbocycles. The van der Waals surface area contributed by atoms with Crippen LogP contribution in [0.1, 0.15) is 27.7 Å². The topological polar surface area (TPSA) is 50.7 Å². The number of rotatable bonds is 8. The molecular formula is C11H25NO3. The minimum atomic E-state index is -0.458. The Morgan fingerprint density at radius 3 is 2.40 bits per heavy atom. The Hall–Kier alpha value is -0.160. The van der Waals surface area contributed by atoms with Gasteiger partial charge in [-0.25, -0.2) is 0 Å². The molecule has 0 bridgehead atoms. The number of methoxy groups -OCH3 is 1. The number of hydrogen-bond acceptors (Lipinski definition) is 4. The van der Waals surface area contributed by atoms with Crippen LogP contribution in [0.3, 0.4) is 0 Å². The second-order valence-corrected chi connectivity index (χ2v) is 4.63. The molecule has 0 spiro atoms. The molecule has 0 amide bonds. The first-order valence-electron chi connectivity index (χ1n) is 5.43. The fourth-order valence-electron chi connectivity index (χ4n) is 0.974. The van der Waals surface area contributed by atoms with Crippen molar-refractivity contribution in [1.82, 2.24) is 5.32 Å². The van der Waals surface area contributed by atoms with E-state index >= 15 is 0 Å². The molecule has 0 fully saturated rings. The van der Waals surface area contributed by atoms with Crippen molar-refractivity contribution in [3.05, 3.63) is 0 Å². The van der Waals surface area contributed by atoms with Gasteiger partial charge in [-0.3, -0.25) is 0 Å². The third-order valence-electron chi connectivity index (χ3n) is 2.11. The molecule has 4 nitrogen and oxygen atoms in total. The molecule has 0 aliphatic rings. The SMILES string of the molecule is COC(C)(C)CNCC(O)COC(C)C. The van der Waals surface area contributed by atoms with Crippen LogP contribution in [0.5, 0.6) is 0 Å². The van der Waals surface area contributed by atoms with Gasteiger partial charge in [0.05, 0.1) is 24.4 Å². The van der Waals surface area contributed by atoms with Crippen LogP contribution in [0.15, 0.2) is 0 Å². The van der Waals surface area contributed by atoms with Crippen molar-refractivity contribution in [2.24, 2.45) is 0 Å². The average molecular weight is 219 g/mol. The molecule has 0 aliphatic carbocycles. The lowest BCUT2D eigenvalue weighted by Crippen LogP contribution is -2.41. The molecule has 1 unspecified atom stereocenters. The highest BCUT2D eigenvalue weighted by atomic mass is 16.5. The zero-order valence-electron chi connectivity index (χ0n) is 10.5. The minimum absolute atomic E-state index is 0.162. The first kappa shape index (κ1) is 14.8. The lowest BCUT2D eigenvalue weighted by atomic mass is 10.1. The van der Waals surface area contributed by atoms with Gasteiger partial charge in [0.1, 0.15) is 0 Å². The summed E-state index contributed by atoms with van der Waals surface area (Å²) in [5, 5.41) is 12.7. The van der Waals surface area contributed by atoms with Gasteiger partial charge in [0.25, 0.3) is 0 Å². The van der Waals surface area contributed by atoms with E-state index in [9.17, 15) is 5.11 Å². The Morgan fingerprint density at radius 2 is 1.93 bits per heavy atom. The second kappa shape index (κ2) is 7.17. The van der Waals surface area contributed by atoms with Crippen molar-refractivity contribution in [2.45, 2.75) is 45.5 Å². The quantitative estimate of drug-likeness (QED) is 0.633. The van der Waals surface area contributed by atoms with Gasteiger partial charge < -0.3 is 19.9 Å². The highest BCUT2D eigenvalue weighted by Crippen LogP contribution is 2.04. The normalized spacial score (nSPS) is 14.6. The van der Waals surface area contributed by atoms with Gasteiger partial charge in [0.2, 0.25) is 0 Å². The molecule has 0 rings (SSSR count). The predicted octanol–water partition coefficient (Wildman–Crippen LogP) is 0.787. The molecule has 0 aromatic heterocycles. The Morgan fingerprint density at radius 1 is 1.33 bits per heavy atom. The van der Waals surface area contributed by atoms with Gasteiger partial charge in [-0.2, -0.15) is 0 Å². The van der Waals surface area contributed by atoms with E-state index in [0.29, 0.717) is 19.7 Å². The maximum Gasteiger partial charge on any atom is 0.0897 e. The van der Waals surface area contributed by atoms with Crippen LogP contribution >= 0.6 is 0 Å². The van der Waals surface area contributed by atoms with Crippen molar-refractivity contribution < 1.29 is 14.6 Å². The van der Waals surface area contributed by atoms with Gasteiger partial charge in [-0.05, 0) is 27.7 Å². The van der Waals surface area contributed by atoms with E-state index in [1.807, 2.05) is 27.7 Å². The van der Waals surface area contributed by atoms with Crippen LogP contribution in [-0.2, 0) is 9.47 Å². The van der Waals surface area contributed by atoms with Crippen LogP contribution in [0.2, 0.25) is 0 Å². The fraction of sp³-hybridized carbons (Fsp3) is 1.00. The van der Waals surface area contributed by atoms with E-state index in [-0.39, 0.29) is 11.7 Å². The van der Waals surface area contributed by atoms with Crippen LogP contribution in [0, 0.1) is 0 Å². The van der Waals surface area contributed by atoms with E-state index in [0.717, 1.165) is 0 Å². The Labute approximate surface area is 93.0 Å². The highest BCUT2D eigenvalue weighted by molar-refractivity contribution is 4.72. The molecule has 0 saturated carbocycles. The molecule has 0 aromatic rings. The number of hydrogen-bond donors (Lipinski definition) is 2. The summed E-state index contributed by atoms with van der Waals surface area (Å²) in [6.07, 6.45) is -0.296. The summed E-state index contributed by atoms with van der Waals surface area (Å²) in [7, 11) is 1.68. The summed E-state index contributed by atoms with van der Waals surface area (Å²) in [5.41, 5.74) is -0.196. The van der Waals surface area contributed by atoms with Gasteiger partial charge in [-0.15, -0.1) is 0 Å². The summed E-state index contributed by atoms with van der Waals surface area (Å²) < 4.78 is 10.5. The summed E-state index contributed by atoms with van der Waals surface area (Å²) in [6.45, 7) is 9.51. The lowest BCUT2D eigenvalue weighted by Gasteiger charge is -2.24. The first-order chi connectivity index (χ1) is 6.87. The molecule has 0 heterocycles. The van der Waals surface area contributed by atoms with Crippen LogP contribution in [0.4, 0.5) is 0 Å². The Bertz CT molecular complexity index is 160. The van der Waals surface area contributed by atoms with Gasteiger partial charge in [0, 0.05) is 20.2 Å². The van der Waals surface area contributed by atoms with Crippen molar-refractivity contribution in [2.75, 3.05) is 26.8 Å². The van der Waals surface area contributed by atoms with E-state index in [2.05, 4.69) is 5.32 Å². The van der Waals surface area contributed by atoms with Crippen LogP contribution < -0.4 is 5.32 Å².